The number of benzene rings is 2. The molecule has 1 saturated carbocycles. The van der Waals surface area contributed by atoms with Gasteiger partial charge in [-0.3, -0.25) is 9.59 Å². The van der Waals surface area contributed by atoms with Crippen LogP contribution in [0.15, 0.2) is 48.5 Å². The fourth-order valence-corrected chi connectivity index (χ4v) is 6.59. The van der Waals surface area contributed by atoms with E-state index in [1.54, 1.807) is 30.3 Å². The molecule has 2 unspecified atom stereocenters. The van der Waals surface area contributed by atoms with E-state index in [-0.39, 0.29) is 18.2 Å². The maximum Gasteiger partial charge on any atom is 0.408 e. The predicted octanol–water partition coefficient (Wildman–Crippen LogP) is 5.75. The van der Waals surface area contributed by atoms with Crippen LogP contribution in [0, 0.1) is 17.7 Å². The van der Waals surface area contributed by atoms with Crippen LogP contribution in [0.5, 0.6) is 0 Å². The molecule has 2 fully saturated rings. The molecule has 0 spiro atoms. The zero-order valence-corrected chi connectivity index (χ0v) is 26.8. The summed E-state index contributed by atoms with van der Waals surface area (Å²) >= 11 is 6.28. The van der Waals surface area contributed by atoms with Crippen molar-refractivity contribution in [2.45, 2.75) is 88.8 Å². The fraction of sp³-hybridized carbons (Fsp3) is 0.529. The summed E-state index contributed by atoms with van der Waals surface area (Å²) in [5.41, 5.74) is 0.351. The molecule has 0 radical (unpaired) electrons. The number of halogens is 2. The summed E-state index contributed by atoms with van der Waals surface area (Å²) in [6.07, 6.45) is 4.16. The van der Waals surface area contributed by atoms with Gasteiger partial charge in [-0.05, 0) is 60.6 Å². The highest BCUT2D eigenvalue weighted by molar-refractivity contribution is 6.30. The summed E-state index contributed by atoms with van der Waals surface area (Å²) in [7, 11) is 1.22. The first-order valence-corrected chi connectivity index (χ1v) is 16.0. The van der Waals surface area contributed by atoms with Gasteiger partial charge in [0.1, 0.15) is 24.0 Å². The number of carbonyl (C=O) groups excluding carboxylic acids is 4. The topological polar surface area (TPSA) is 123 Å². The Bertz CT molecular complexity index is 1360. The van der Waals surface area contributed by atoms with Crippen LogP contribution < -0.4 is 16.0 Å². The normalized spacial score (nSPS) is 19.1. The molecule has 1 aliphatic carbocycles. The van der Waals surface area contributed by atoms with E-state index in [2.05, 4.69) is 16.0 Å². The molecule has 9 nitrogen and oxygen atoms in total. The van der Waals surface area contributed by atoms with Crippen LogP contribution in [0.2, 0.25) is 5.02 Å². The highest BCUT2D eigenvalue weighted by Gasteiger charge is 2.38. The lowest BCUT2D eigenvalue weighted by Gasteiger charge is -2.35. The van der Waals surface area contributed by atoms with Gasteiger partial charge in [0, 0.05) is 22.9 Å². The Balaban J connectivity index is 1.57. The Morgan fingerprint density at radius 3 is 2.38 bits per heavy atom. The Morgan fingerprint density at radius 2 is 1.73 bits per heavy atom. The molecule has 45 heavy (non-hydrogen) atoms. The molecule has 1 aliphatic heterocycles. The van der Waals surface area contributed by atoms with Crippen LogP contribution in [0.4, 0.5) is 9.18 Å². The van der Waals surface area contributed by atoms with Gasteiger partial charge in [0.15, 0.2) is 0 Å². The van der Waals surface area contributed by atoms with Gasteiger partial charge in [-0.2, -0.15) is 0 Å². The van der Waals surface area contributed by atoms with Crippen LogP contribution in [0.1, 0.15) is 82.4 Å². The maximum absolute atomic E-state index is 14.4. The number of carbonyl (C=O) groups is 4. The van der Waals surface area contributed by atoms with Crippen molar-refractivity contribution in [3.05, 3.63) is 70.5 Å². The molecule has 4 atom stereocenters. The van der Waals surface area contributed by atoms with Crippen molar-refractivity contribution in [3.8, 4) is 0 Å². The lowest BCUT2D eigenvalue weighted by atomic mass is 9.76. The molecule has 11 heteroatoms. The van der Waals surface area contributed by atoms with E-state index in [9.17, 15) is 23.6 Å². The standard InChI is InChI=1S/C34H43ClFN3O6/c1-34(2,24-12-8-13-25(35)20-24)29(22-11-7-14-26(36)18-22)45-33(43)39-27(17-21-9-5-4-6-10-21)31(41)38-28(32(42)44-3)19-23-15-16-37-30(23)40/h7-8,11-14,18,20-21,23,27-29H,4-6,9-10,15-17,19H2,1-3H3,(H,37,40)(H,38,41)(H,39,43)/t23?,27-,28-,29?/m0/s1. The molecule has 3 amide bonds. The zero-order chi connectivity index (χ0) is 32.6. The van der Waals surface area contributed by atoms with Crippen LogP contribution in [0.25, 0.3) is 0 Å². The molecule has 0 aromatic heterocycles. The third kappa shape index (κ3) is 9.19. The van der Waals surface area contributed by atoms with Gasteiger partial charge in [0.2, 0.25) is 11.8 Å². The summed E-state index contributed by atoms with van der Waals surface area (Å²) < 4.78 is 25.4. The molecule has 4 rings (SSSR count). The molecule has 244 valence electrons. The third-order valence-corrected chi connectivity index (χ3v) is 9.22. The van der Waals surface area contributed by atoms with Gasteiger partial charge in [-0.25, -0.2) is 14.0 Å². The SMILES string of the molecule is COC(=O)[C@H](CC1CCNC1=O)NC(=O)[C@H](CC1CCCCC1)NC(=O)OC(c1cccc(F)c1)C(C)(C)c1cccc(Cl)c1. The minimum atomic E-state index is -1.06. The number of hydrogen-bond acceptors (Lipinski definition) is 6. The van der Waals surface area contributed by atoms with E-state index in [0.717, 1.165) is 37.7 Å². The van der Waals surface area contributed by atoms with Crippen molar-refractivity contribution in [1.82, 2.24) is 16.0 Å². The number of ether oxygens (including phenoxy) is 2. The summed E-state index contributed by atoms with van der Waals surface area (Å²) in [6, 6.07) is 10.9. The maximum atomic E-state index is 14.4. The van der Waals surface area contributed by atoms with Crippen molar-refractivity contribution < 1.29 is 33.0 Å². The Kier molecular flexibility index (Phi) is 11.8. The average Bonchev–Trinajstić information content (AvgIpc) is 3.43. The van der Waals surface area contributed by atoms with Crippen molar-refractivity contribution in [1.29, 1.82) is 0 Å². The number of rotatable bonds is 12. The van der Waals surface area contributed by atoms with Gasteiger partial charge in [-0.1, -0.05) is 81.8 Å². The number of nitrogens with one attached hydrogen (secondary N) is 3. The zero-order valence-electron chi connectivity index (χ0n) is 26.1. The first-order valence-electron chi connectivity index (χ1n) is 15.6. The molecular weight excluding hydrogens is 601 g/mol. The monoisotopic (exact) mass is 643 g/mol. The smallest absolute Gasteiger partial charge is 0.408 e. The van der Waals surface area contributed by atoms with Crippen molar-refractivity contribution in [2.24, 2.45) is 11.8 Å². The van der Waals surface area contributed by atoms with Crippen molar-refractivity contribution in [3.63, 3.8) is 0 Å². The fourth-order valence-electron chi connectivity index (χ4n) is 6.40. The summed E-state index contributed by atoms with van der Waals surface area (Å²) in [5.74, 6) is -2.15. The van der Waals surface area contributed by atoms with Gasteiger partial charge < -0.3 is 25.4 Å². The highest BCUT2D eigenvalue weighted by atomic mass is 35.5. The lowest BCUT2D eigenvalue weighted by molar-refractivity contribution is -0.146. The van der Waals surface area contributed by atoms with E-state index in [1.807, 2.05) is 19.9 Å². The van der Waals surface area contributed by atoms with Gasteiger partial charge in [0.25, 0.3) is 0 Å². The van der Waals surface area contributed by atoms with E-state index in [1.165, 1.54) is 19.2 Å². The second-order valence-electron chi connectivity index (χ2n) is 12.6. The first-order chi connectivity index (χ1) is 21.5. The predicted molar refractivity (Wildman–Crippen MR) is 168 cm³/mol. The molecule has 0 bridgehead atoms. The number of methoxy groups -OCH3 is 1. The number of hydrogen-bond donors (Lipinski definition) is 3. The molecule has 1 saturated heterocycles. The van der Waals surface area contributed by atoms with Crippen LogP contribution in [-0.4, -0.2) is 49.6 Å². The lowest BCUT2D eigenvalue weighted by Crippen LogP contribution is -2.53. The number of esters is 1. The van der Waals surface area contributed by atoms with Crippen molar-refractivity contribution >= 4 is 35.5 Å². The second-order valence-corrected chi connectivity index (χ2v) is 13.0. The summed E-state index contributed by atoms with van der Waals surface area (Å²) in [4.78, 5) is 52.2. The highest BCUT2D eigenvalue weighted by Crippen LogP contribution is 2.40. The van der Waals surface area contributed by atoms with Gasteiger partial charge in [-0.15, -0.1) is 0 Å². The molecular formula is C34H43ClFN3O6. The van der Waals surface area contributed by atoms with Crippen LogP contribution in [0.3, 0.4) is 0 Å². The van der Waals surface area contributed by atoms with Gasteiger partial charge in [0.05, 0.1) is 7.11 Å². The molecule has 1 heterocycles. The number of amides is 3. The second kappa shape index (κ2) is 15.6. The van der Waals surface area contributed by atoms with Crippen molar-refractivity contribution in [2.75, 3.05) is 13.7 Å². The minimum absolute atomic E-state index is 0.0836. The Morgan fingerprint density at radius 1 is 1.00 bits per heavy atom. The van der Waals surface area contributed by atoms with E-state index in [0.29, 0.717) is 30.0 Å². The quantitative estimate of drug-likeness (QED) is 0.253. The third-order valence-electron chi connectivity index (χ3n) is 8.99. The van der Waals surface area contributed by atoms with Gasteiger partial charge >= 0.3 is 12.1 Å². The Hall–Kier alpha value is -3.66. The summed E-state index contributed by atoms with van der Waals surface area (Å²) in [5, 5.41) is 8.74. The number of alkyl carbamates (subject to hydrolysis) is 1. The van der Waals surface area contributed by atoms with Crippen LogP contribution >= 0.6 is 11.6 Å². The first kappa shape index (κ1) is 34.2. The van der Waals surface area contributed by atoms with E-state index >= 15 is 0 Å². The molecule has 2 aliphatic rings. The molecule has 3 N–H and O–H groups in total. The van der Waals surface area contributed by atoms with E-state index < -0.39 is 53.3 Å². The average molecular weight is 644 g/mol. The Labute approximate surface area is 268 Å². The summed E-state index contributed by atoms with van der Waals surface area (Å²) in [6.45, 7) is 4.24. The van der Waals surface area contributed by atoms with E-state index in [4.69, 9.17) is 21.1 Å². The largest absolute Gasteiger partial charge is 0.467 e. The molecule has 2 aromatic rings. The minimum Gasteiger partial charge on any atom is -0.467 e. The molecule has 2 aromatic carbocycles. The van der Waals surface area contributed by atoms with Crippen LogP contribution in [-0.2, 0) is 29.3 Å².